The zero-order valence-corrected chi connectivity index (χ0v) is 12.8. The average molecular weight is 317 g/mol. The molecule has 1 N–H and O–H groups in total. The summed E-state index contributed by atoms with van der Waals surface area (Å²) in [4.78, 5) is 25.7. The summed E-state index contributed by atoms with van der Waals surface area (Å²) in [7, 11) is 0. The molecule has 1 fully saturated rings. The molecule has 2 amide bonds. The molecule has 0 bridgehead atoms. The number of benzene rings is 1. The van der Waals surface area contributed by atoms with Crippen molar-refractivity contribution < 1.29 is 18.5 Å². The van der Waals surface area contributed by atoms with Gasteiger partial charge >= 0.3 is 0 Å². The molecule has 0 unspecified atom stereocenters. The van der Waals surface area contributed by atoms with E-state index < -0.39 is 0 Å². The third-order valence-corrected chi connectivity index (χ3v) is 3.83. The monoisotopic (exact) mass is 317 g/mol. The maximum atomic E-state index is 13.5. The first-order chi connectivity index (χ1) is 10.9. The van der Waals surface area contributed by atoms with Crippen molar-refractivity contribution in [3.05, 3.63) is 47.1 Å². The molecule has 120 valence electrons. The van der Waals surface area contributed by atoms with Gasteiger partial charge in [-0.2, -0.15) is 0 Å². The van der Waals surface area contributed by atoms with E-state index in [1.54, 1.807) is 32.0 Å². The smallest absolute Gasteiger partial charge is 0.276 e. The summed E-state index contributed by atoms with van der Waals surface area (Å²) in [6.07, 6.45) is 0. The van der Waals surface area contributed by atoms with Crippen LogP contribution in [0.15, 0.2) is 28.8 Å². The lowest BCUT2D eigenvalue weighted by molar-refractivity contribution is -0.123. The van der Waals surface area contributed by atoms with Gasteiger partial charge in [0.1, 0.15) is 11.6 Å². The van der Waals surface area contributed by atoms with Crippen molar-refractivity contribution in [2.24, 2.45) is 5.92 Å². The predicted octanol–water partition coefficient (Wildman–Crippen LogP) is 2.14. The summed E-state index contributed by atoms with van der Waals surface area (Å²) >= 11 is 0. The van der Waals surface area contributed by atoms with E-state index in [2.05, 4.69) is 10.5 Å². The lowest BCUT2D eigenvalue weighted by Crippen LogP contribution is -2.54. The first-order valence-electron chi connectivity index (χ1n) is 7.23. The first-order valence-corrected chi connectivity index (χ1v) is 7.23. The number of carbonyl (C=O) groups excluding carboxylic acids is 2. The molecule has 1 saturated heterocycles. The van der Waals surface area contributed by atoms with E-state index >= 15 is 0 Å². The molecule has 1 aliphatic rings. The van der Waals surface area contributed by atoms with Crippen LogP contribution in [0.4, 0.5) is 10.1 Å². The standard InChI is InChI=1S/C16H16FN3O3/c1-9-3-4-12(6-13(9)17)18-15(21)11-7-20(8-11)16(22)14-5-10(2)23-19-14/h3-6,11H,7-8H2,1-2H3,(H,18,21). The Labute approximate surface area is 132 Å². The van der Waals surface area contributed by atoms with Crippen LogP contribution < -0.4 is 5.32 Å². The minimum Gasteiger partial charge on any atom is -0.361 e. The molecular formula is C16H16FN3O3. The summed E-state index contributed by atoms with van der Waals surface area (Å²) in [5, 5.41) is 6.33. The fraction of sp³-hybridized carbons (Fsp3) is 0.312. The Hall–Kier alpha value is -2.70. The van der Waals surface area contributed by atoms with E-state index in [-0.39, 0.29) is 29.2 Å². The third-order valence-electron chi connectivity index (χ3n) is 3.83. The number of hydrogen-bond donors (Lipinski definition) is 1. The van der Waals surface area contributed by atoms with Crippen molar-refractivity contribution in [3.8, 4) is 0 Å². The number of aromatic nitrogens is 1. The number of nitrogens with zero attached hydrogens (tertiary/aromatic N) is 2. The van der Waals surface area contributed by atoms with Gasteiger partial charge in [-0.3, -0.25) is 9.59 Å². The third kappa shape index (κ3) is 3.08. The highest BCUT2D eigenvalue weighted by atomic mass is 19.1. The predicted molar refractivity (Wildman–Crippen MR) is 80.4 cm³/mol. The van der Waals surface area contributed by atoms with Gasteiger partial charge in [0.25, 0.3) is 5.91 Å². The van der Waals surface area contributed by atoms with Crippen LogP contribution in [0, 0.1) is 25.6 Å². The van der Waals surface area contributed by atoms with Crippen molar-refractivity contribution >= 4 is 17.5 Å². The van der Waals surface area contributed by atoms with E-state index in [4.69, 9.17) is 4.52 Å². The molecule has 1 aliphatic heterocycles. The van der Waals surface area contributed by atoms with E-state index in [0.29, 0.717) is 30.1 Å². The largest absolute Gasteiger partial charge is 0.361 e. The molecule has 0 radical (unpaired) electrons. The van der Waals surface area contributed by atoms with Crippen molar-refractivity contribution in [2.45, 2.75) is 13.8 Å². The van der Waals surface area contributed by atoms with Gasteiger partial charge in [0.15, 0.2) is 5.69 Å². The molecule has 1 aromatic heterocycles. The van der Waals surface area contributed by atoms with Crippen molar-refractivity contribution in [2.75, 3.05) is 18.4 Å². The van der Waals surface area contributed by atoms with Crippen LogP contribution >= 0.6 is 0 Å². The highest BCUT2D eigenvalue weighted by Crippen LogP contribution is 2.21. The number of aryl methyl sites for hydroxylation is 2. The Kier molecular flexibility index (Phi) is 3.85. The van der Waals surface area contributed by atoms with Crippen LogP contribution in [0.5, 0.6) is 0 Å². The van der Waals surface area contributed by atoms with Crippen molar-refractivity contribution in [3.63, 3.8) is 0 Å². The maximum Gasteiger partial charge on any atom is 0.276 e. The number of likely N-dealkylation sites (tertiary alicyclic amines) is 1. The topological polar surface area (TPSA) is 75.4 Å². The quantitative estimate of drug-likeness (QED) is 0.941. The van der Waals surface area contributed by atoms with Crippen molar-refractivity contribution in [1.82, 2.24) is 10.1 Å². The van der Waals surface area contributed by atoms with Gasteiger partial charge in [0, 0.05) is 24.8 Å². The molecule has 2 aromatic rings. The average Bonchev–Trinajstić information content (AvgIpc) is 2.88. The number of halogens is 1. The zero-order chi connectivity index (χ0) is 16.6. The summed E-state index contributed by atoms with van der Waals surface area (Å²) in [5.74, 6) is -0.601. The number of rotatable bonds is 3. The van der Waals surface area contributed by atoms with Crippen molar-refractivity contribution in [1.29, 1.82) is 0 Å². The fourth-order valence-corrected chi connectivity index (χ4v) is 2.35. The van der Waals surface area contributed by atoms with Crippen LogP contribution in [0.2, 0.25) is 0 Å². The molecule has 1 aromatic carbocycles. The Morgan fingerprint density at radius 3 is 2.65 bits per heavy atom. The van der Waals surface area contributed by atoms with E-state index in [0.717, 1.165) is 0 Å². The molecule has 2 heterocycles. The SMILES string of the molecule is Cc1cc(C(=O)N2CC(C(=O)Nc3ccc(C)c(F)c3)C2)no1. The number of carbonyl (C=O) groups is 2. The Bertz CT molecular complexity index is 766. The Balaban J connectivity index is 1.55. The second-order valence-electron chi connectivity index (χ2n) is 5.68. The molecule has 0 atom stereocenters. The second-order valence-corrected chi connectivity index (χ2v) is 5.68. The first kappa shape index (κ1) is 15.2. The molecule has 0 aliphatic carbocycles. The van der Waals surface area contributed by atoms with Gasteiger partial charge in [-0.05, 0) is 31.5 Å². The molecular weight excluding hydrogens is 301 g/mol. The molecule has 6 nitrogen and oxygen atoms in total. The lowest BCUT2D eigenvalue weighted by Gasteiger charge is -2.37. The van der Waals surface area contributed by atoms with Gasteiger partial charge < -0.3 is 14.7 Å². The summed E-state index contributed by atoms with van der Waals surface area (Å²) in [5.41, 5.74) is 1.17. The van der Waals surface area contributed by atoms with Crippen LogP contribution in [0.1, 0.15) is 21.8 Å². The van der Waals surface area contributed by atoms with Gasteiger partial charge in [0.05, 0.1) is 5.92 Å². The van der Waals surface area contributed by atoms with Gasteiger partial charge in [0.2, 0.25) is 5.91 Å². The van der Waals surface area contributed by atoms with E-state index in [1.807, 2.05) is 0 Å². The molecule has 23 heavy (non-hydrogen) atoms. The maximum absolute atomic E-state index is 13.5. The Morgan fingerprint density at radius 1 is 1.30 bits per heavy atom. The normalized spacial score (nSPS) is 14.5. The molecule has 7 heteroatoms. The number of hydrogen-bond acceptors (Lipinski definition) is 4. The summed E-state index contributed by atoms with van der Waals surface area (Å²) in [6, 6.07) is 6.10. The summed E-state index contributed by atoms with van der Waals surface area (Å²) < 4.78 is 18.3. The second kappa shape index (κ2) is 5.83. The zero-order valence-electron chi connectivity index (χ0n) is 12.8. The van der Waals surface area contributed by atoms with Gasteiger partial charge in [-0.25, -0.2) is 4.39 Å². The highest BCUT2D eigenvalue weighted by Gasteiger charge is 2.37. The van der Waals surface area contributed by atoms with Gasteiger partial charge in [-0.1, -0.05) is 11.2 Å². The number of amides is 2. The molecule has 0 saturated carbocycles. The van der Waals surface area contributed by atoms with Crippen LogP contribution in [-0.4, -0.2) is 35.0 Å². The lowest BCUT2D eigenvalue weighted by atomic mass is 9.98. The highest BCUT2D eigenvalue weighted by molar-refractivity contribution is 5.97. The fourth-order valence-electron chi connectivity index (χ4n) is 2.35. The number of anilines is 1. The number of nitrogens with one attached hydrogen (secondary N) is 1. The summed E-state index contributed by atoms with van der Waals surface area (Å²) in [6.45, 7) is 3.98. The van der Waals surface area contributed by atoms with E-state index in [1.165, 1.54) is 11.0 Å². The molecule has 3 rings (SSSR count). The van der Waals surface area contributed by atoms with Gasteiger partial charge in [-0.15, -0.1) is 0 Å². The van der Waals surface area contributed by atoms with Crippen LogP contribution in [-0.2, 0) is 4.79 Å². The minimum absolute atomic E-state index is 0.228. The van der Waals surface area contributed by atoms with Crippen LogP contribution in [0.25, 0.3) is 0 Å². The molecule has 0 spiro atoms. The van der Waals surface area contributed by atoms with E-state index in [9.17, 15) is 14.0 Å². The minimum atomic E-state index is -0.366. The van der Waals surface area contributed by atoms with Crippen LogP contribution in [0.3, 0.4) is 0 Å². The Morgan fingerprint density at radius 2 is 2.04 bits per heavy atom.